The summed E-state index contributed by atoms with van der Waals surface area (Å²) in [4.78, 5) is 36.9. The normalized spacial score (nSPS) is 10.2. The molecule has 8 nitrogen and oxygen atoms in total. The van der Waals surface area contributed by atoms with Gasteiger partial charge in [-0.3, -0.25) is 4.79 Å². The molecular formula is C19H21NO7S. The summed E-state index contributed by atoms with van der Waals surface area (Å²) < 4.78 is 19.9. The Bertz CT molecular complexity index is 904. The summed E-state index contributed by atoms with van der Waals surface area (Å²) in [5.41, 5.74) is 1.16. The molecule has 0 saturated carbocycles. The van der Waals surface area contributed by atoms with Crippen molar-refractivity contribution in [3.63, 3.8) is 0 Å². The number of methoxy groups -OCH3 is 4. The Balaban J connectivity index is 2.31. The molecule has 0 saturated heterocycles. The van der Waals surface area contributed by atoms with Gasteiger partial charge >= 0.3 is 11.9 Å². The molecule has 0 aliphatic carbocycles. The Labute approximate surface area is 166 Å². The van der Waals surface area contributed by atoms with E-state index in [1.807, 2.05) is 0 Å². The lowest BCUT2D eigenvalue weighted by molar-refractivity contribution is -0.115. The Hall–Kier alpha value is -3.07. The SMILES string of the molecule is COC(=O)c1sc(NC(=O)Cc2ccc(OC)cc2OC)c(C(=O)OC)c1C. The molecule has 1 N–H and O–H groups in total. The monoisotopic (exact) mass is 407 g/mol. The van der Waals surface area contributed by atoms with Gasteiger partial charge in [0, 0.05) is 11.6 Å². The summed E-state index contributed by atoms with van der Waals surface area (Å²) in [5, 5.41) is 2.90. The largest absolute Gasteiger partial charge is 0.497 e. The van der Waals surface area contributed by atoms with E-state index in [9.17, 15) is 14.4 Å². The van der Waals surface area contributed by atoms with Gasteiger partial charge in [0.15, 0.2) is 0 Å². The van der Waals surface area contributed by atoms with Crippen LogP contribution in [0, 0.1) is 6.92 Å². The first kappa shape index (κ1) is 21.2. The smallest absolute Gasteiger partial charge is 0.348 e. The number of hydrogen-bond acceptors (Lipinski definition) is 8. The van der Waals surface area contributed by atoms with Gasteiger partial charge in [0.1, 0.15) is 21.4 Å². The quantitative estimate of drug-likeness (QED) is 0.705. The van der Waals surface area contributed by atoms with Crippen LogP contribution in [-0.2, 0) is 20.7 Å². The number of carbonyl (C=O) groups excluding carboxylic acids is 3. The van der Waals surface area contributed by atoms with Gasteiger partial charge in [0.2, 0.25) is 5.91 Å². The van der Waals surface area contributed by atoms with E-state index in [2.05, 4.69) is 5.32 Å². The Morgan fingerprint density at radius 1 is 1.00 bits per heavy atom. The number of thiophene rings is 1. The van der Waals surface area contributed by atoms with Crippen LogP contribution >= 0.6 is 11.3 Å². The first-order valence-electron chi connectivity index (χ1n) is 8.17. The van der Waals surface area contributed by atoms with Crippen LogP contribution in [0.5, 0.6) is 11.5 Å². The average molecular weight is 407 g/mol. The molecule has 0 aliphatic heterocycles. The van der Waals surface area contributed by atoms with Crippen LogP contribution in [0.2, 0.25) is 0 Å². The summed E-state index contributed by atoms with van der Waals surface area (Å²) >= 11 is 0.959. The maximum absolute atomic E-state index is 12.6. The van der Waals surface area contributed by atoms with Crippen molar-refractivity contribution in [1.82, 2.24) is 0 Å². The highest BCUT2D eigenvalue weighted by atomic mass is 32.1. The van der Waals surface area contributed by atoms with Gasteiger partial charge in [-0.15, -0.1) is 11.3 Å². The number of amides is 1. The summed E-state index contributed by atoms with van der Waals surface area (Å²) in [6, 6.07) is 5.11. The number of anilines is 1. The highest BCUT2D eigenvalue weighted by Gasteiger charge is 2.27. The molecule has 0 aliphatic rings. The molecule has 1 heterocycles. The molecule has 1 amide bonds. The van der Waals surface area contributed by atoms with Crippen molar-refractivity contribution in [3.8, 4) is 11.5 Å². The number of rotatable bonds is 7. The topological polar surface area (TPSA) is 100 Å². The fraction of sp³-hybridized carbons (Fsp3) is 0.316. The summed E-state index contributed by atoms with van der Waals surface area (Å²) in [7, 11) is 5.50. The van der Waals surface area contributed by atoms with E-state index in [0.29, 0.717) is 22.6 Å². The fourth-order valence-corrected chi connectivity index (χ4v) is 3.71. The molecule has 2 rings (SSSR count). The van der Waals surface area contributed by atoms with Crippen molar-refractivity contribution in [3.05, 3.63) is 39.8 Å². The highest BCUT2D eigenvalue weighted by molar-refractivity contribution is 7.18. The van der Waals surface area contributed by atoms with Gasteiger partial charge in [-0.05, 0) is 18.6 Å². The van der Waals surface area contributed by atoms with Crippen molar-refractivity contribution in [2.45, 2.75) is 13.3 Å². The van der Waals surface area contributed by atoms with Crippen LogP contribution < -0.4 is 14.8 Å². The molecule has 0 spiro atoms. The van der Waals surface area contributed by atoms with Gasteiger partial charge in [-0.1, -0.05) is 6.07 Å². The number of esters is 2. The van der Waals surface area contributed by atoms with Gasteiger partial charge in [-0.25, -0.2) is 9.59 Å². The number of benzene rings is 1. The fourth-order valence-electron chi connectivity index (χ4n) is 2.58. The van der Waals surface area contributed by atoms with Crippen molar-refractivity contribution in [2.75, 3.05) is 33.8 Å². The molecule has 0 bridgehead atoms. The number of carbonyl (C=O) groups is 3. The molecule has 28 heavy (non-hydrogen) atoms. The maximum atomic E-state index is 12.6. The van der Waals surface area contributed by atoms with Crippen LogP contribution in [0.25, 0.3) is 0 Å². The molecule has 1 aromatic heterocycles. The van der Waals surface area contributed by atoms with E-state index >= 15 is 0 Å². The predicted molar refractivity (Wildman–Crippen MR) is 104 cm³/mol. The molecule has 0 radical (unpaired) electrons. The van der Waals surface area contributed by atoms with Gasteiger partial charge in [-0.2, -0.15) is 0 Å². The standard InChI is InChI=1S/C19H21NO7S/c1-10-15(18(22)26-4)17(28-16(10)19(23)27-5)20-14(21)8-11-6-7-12(24-2)9-13(11)25-3/h6-7,9H,8H2,1-5H3,(H,20,21). The first-order chi connectivity index (χ1) is 13.4. The minimum absolute atomic E-state index is 0.00170. The zero-order chi connectivity index (χ0) is 20.8. The molecule has 9 heteroatoms. The van der Waals surface area contributed by atoms with Gasteiger partial charge in [0.25, 0.3) is 0 Å². The summed E-state index contributed by atoms with van der Waals surface area (Å²) in [6.45, 7) is 1.59. The van der Waals surface area contributed by atoms with Crippen molar-refractivity contribution < 1.29 is 33.3 Å². The summed E-state index contributed by atoms with van der Waals surface area (Å²) in [6.07, 6.45) is -0.00170. The van der Waals surface area contributed by atoms with Crippen molar-refractivity contribution in [2.24, 2.45) is 0 Å². The van der Waals surface area contributed by atoms with E-state index in [0.717, 1.165) is 11.3 Å². The van der Waals surface area contributed by atoms with E-state index < -0.39 is 11.9 Å². The molecular weight excluding hydrogens is 386 g/mol. The zero-order valence-electron chi connectivity index (χ0n) is 16.2. The Morgan fingerprint density at radius 3 is 2.25 bits per heavy atom. The number of ether oxygens (including phenoxy) is 4. The second-order valence-corrected chi connectivity index (χ2v) is 6.67. The van der Waals surface area contributed by atoms with Crippen LogP contribution in [-0.4, -0.2) is 46.3 Å². The minimum atomic E-state index is -0.652. The van der Waals surface area contributed by atoms with Crippen LogP contribution in [0.15, 0.2) is 18.2 Å². The third-order valence-corrected chi connectivity index (χ3v) is 5.19. The Morgan fingerprint density at radius 2 is 1.68 bits per heavy atom. The van der Waals surface area contributed by atoms with Crippen LogP contribution in [0.3, 0.4) is 0 Å². The second kappa shape index (κ2) is 9.23. The van der Waals surface area contributed by atoms with E-state index in [-0.39, 0.29) is 27.8 Å². The second-order valence-electron chi connectivity index (χ2n) is 5.65. The molecule has 2 aromatic rings. The highest BCUT2D eigenvalue weighted by Crippen LogP contribution is 2.34. The van der Waals surface area contributed by atoms with Gasteiger partial charge in [0.05, 0.1) is 40.4 Å². The average Bonchev–Trinajstić information content (AvgIpc) is 3.02. The number of hydrogen-bond donors (Lipinski definition) is 1. The molecule has 0 fully saturated rings. The third-order valence-electron chi connectivity index (χ3n) is 4.01. The van der Waals surface area contributed by atoms with Crippen molar-refractivity contribution >= 4 is 34.2 Å². The minimum Gasteiger partial charge on any atom is -0.497 e. The Kier molecular flexibility index (Phi) is 7.00. The summed E-state index contributed by atoms with van der Waals surface area (Å²) in [5.74, 6) is -0.525. The maximum Gasteiger partial charge on any atom is 0.348 e. The molecule has 0 unspecified atom stereocenters. The predicted octanol–water partition coefficient (Wildman–Crippen LogP) is 2.83. The van der Waals surface area contributed by atoms with E-state index in [1.165, 1.54) is 28.4 Å². The third kappa shape index (κ3) is 4.42. The first-order valence-corrected chi connectivity index (χ1v) is 8.98. The molecule has 0 atom stereocenters. The van der Waals surface area contributed by atoms with E-state index in [1.54, 1.807) is 25.1 Å². The lowest BCUT2D eigenvalue weighted by atomic mass is 10.1. The van der Waals surface area contributed by atoms with E-state index in [4.69, 9.17) is 18.9 Å². The van der Waals surface area contributed by atoms with Crippen LogP contribution in [0.4, 0.5) is 5.00 Å². The van der Waals surface area contributed by atoms with Crippen LogP contribution in [0.1, 0.15) is 31.2 Å². The lowest BCUT2D eigenvalue weighted by Crippen LogP contribution is -2.16. The number of nitrogens with one attached hydrogen (secondary N) is 1. The zero-order valence-corrected chi connectivity index (χ0v) is 17.0. The van der Waals surface area contributed by atoms with Crippen molar-refractivity contribution in [1.29, 1.82) is 0 Å². The van der Waals surface area contributed by atoms with Gasteiger partial charge < -0.3 is 24.3 Å². The lowest BCUT2D eigenvalue weighted by Gasteiger charge is -2.11. The molecule has 1 aromatic carbocycles. The molecule has 150 valence electrons.